The van der Waals surface area contributed by atoms with Crippen molar-refractivity contribution in [3.05, 3.63) is 90.6 Å². The van der Waals surface area contributed by atoms with Crippen LogP contribution in [0.1, 0.15) is 12.5 Å². The maximum Gasteiger partial charge on any atom is 0.300 e. The van der Waals surface area contributed by atoms with Crippen LogP contribution in [0.3, 0.4) is 0 Å². The van der Waals surface area contributed by atoms with Crippen molar-refractivity contribution in [1.82, 2.24) is 14.9 Å². The van der Waals surface area contributed by atoms with Crippen LogP contribution in [0.2, 0.25) is 0 Å². The van der Waals surface area contributed by atoms with Crippen LogP contribution in [0.5, 0.6) is 0 Å². The highest BCUT2D eigenvalue weighted by Crippen LogP contribution is 2.26. The predicted molar refractivity (Wildman–Crippen MR) is 129 cm³/mol. The molecule has 4 rings (SSSR count). The van der Waals surface area contributed by atoms with Crippen LogP contribution >= 0.6 is 0 Å². The molecule has 0 aliphatic carbocycles. The van der Waals surface area contributed by atoms with Gasteiger partial charge in [0.2, 0.25) is 0 Å². The average molecular weight is 422 g/mol. The van der Waals surface area contributed by atoms with Gasteiger partial charge in [-0.25, -0.2) is 9.97 Å². The van der Waals surface area contributed by atoms with Gasteiger partial charge in [-0.1, -0.05) is 24.6 Å². The van der Waals surface area contributed by atoms with Gasteiger partial charge in [-0.3, -0.25) is 4.79 Å². The van der Waals surface area contributed by atoms with E-state index in [1.165, 1.54) is 17.5 Å². The minimum atomic E-state index is -0.355. The second kappa shape index (κ2) is 9.19. The van der Waals surface area contributed by atoms with Gasteiger partial charge in [0.05, 0.1) is 5.52 Å². The van der Waals surface area contributed by atoms with Crippen molar-refractivity contribution < 1.29 is 4.79 Å². The highest BCUT2D eigenvalue weighted by atomic mass is 16.1. The second-order valence-electron chi connectivity index (χ2n) is 7.42. The standard InChI is InChI=1S/C26H23N5O/c1-4-5-25(32)29-22-10-11-24-23(16-22)26(28-17-27-24)30-21-8-6-19(7-9-21)15-20-12-13-31(3)18(2)14-20/h6-14,16-17H,2,15H2,1,3H3,(H,29,32)(H,27,28,30). The van der Waals surface area contributed by atoms with E-state index in [4.69, 9.17) is 0 Å². The first-order valence-corrected chi connectivity index (χ1v) is 10.2. The number of anilines is 3. The zero-order valence-corrected chi connectivity index (χ0v) is 18.0. The largest absolute Gasteiger partial charge is 0.352 e. The molecule has 0 saturated carbocycles. The monoisotopic (exact) mass is 421 g/mol. The summed E-state index contributed by atoms with van der Waals surface area (Å²) in [6.07, 6.45) is 8.59. The zero-order valence-electron chi connectivity index (χ0n) is 18.0. The molecule has 1 aliphatic heterocycles. The molecular weight excluding hydrogens is 398 g/mol. The number of aromatic nitrogens is 2. The highest BCUT2D eigenvalue weighted by Gasteiger charge is 2.08. The first-order chi connectivity index (χ1) is 15.5. The number of carbonyl (C=O) groups is 1. The number of allylic oxidation sites excluding steroid dienone is 3. The molecule has 0 saturated heterocycles. The Hall–Kier alpha value is -4.37. The fraction of sp³-hybridized carbons (Fsp3) is 0.115. The third-order valence-electron chi connectivity index (χ3n) is 5.07. The zero-order chi connectivity index (χ0) is 22.5. The highest BCUT2D eigenvalue weighted by molar-refractivity contribution is 6.05. The van der Waals surface area contributed by atoms with E-state index in [1.54, 1.807) is 13.0 Å². The van der Waals surface area contributed by atoms with Crippen molar-refractivity contribution in [2.75, 3.05) is 17.7 Å². The number of amides is 1. The van der Waals surface area contributed by atoms with Crippen LogP contribution in [0.4, 0.5) is 17.2 Å². The van der Waals surface area contributed by atoms with Crippen LogP contribution in [-0.4, -0.2) is 27.8 Å². The number of fused-ring (bicyclic) bond motifs is 1. The Morgan fingerprint density at radius 1 is 1.12 bits per heavy atom. The Morgan fingerprint density at radius 2 is 1.91 bits per heavy atom. The fourth-order valence-corrected chi connectivity index (χ4v) is 3.37. The topological polar surface area (TPSA) is 70.1 Å². The van der Waals surface area contributed by atoms with Crippen molar-refractivity contribution in [1.29, 1.82) is 0 Å². The van der Waals surface area contributed by atoms with Crippen LogP contribution in [0.25, 0.3) is 10.9 Å². The van der Waals surface area contributed by atoms with Crippen LogP contribution in [0, 0.1) is 11.8 Å². The third kappa shape index (κ3) is 4.85. The number of nitrogens with zero attached hydrogens (tertiary/aromatic N) is 3. The van der Waals surface area contributed by atoms with Crippen molar-refractivity contribution in [2.24, 2.45) is 0 Å². The summed E-state index contributed by atoms with van der Waals surface area (Å²) >= 11 is 0. The summed E-state index contributed by atoms with van der Waals surface area (Å²) in [5.41, 5.74) is 5.74. The molecular formula is C26H23N5O. The number of carbonyl (C=O) groups excluding carboxylic acids is 1. The maximum absolute atomic E-state index is 11.8. The van der Waals surface area contributed by atoms with Crippen LogP contribution in [-0.2, 0) is 11.2 Å². The third-order valence-corrected chi connectivity index (χ3v) is 5.07. The first-order valence-electron chi connectivity index (χ1n) is 10.2. The van der Waals surface area contributed by atoms with Crippen LogP contribution < -0.4 is 10.6 Å². The molecule has 2 N–H and O–H groups in total. The van der Waals surface area contributed by atoms with E-state index < -0.39 is 0 Å². The number of hydrogen-bond donors (Lipinski definition) is 2. The van der Waals surface area contributed by atoms with Gasteiger partial charge in [-0.15, -0.1) is 0 Å². The smallest absolute Gasteiger partial charge is 0.300 e. The molecule has 6 nitrogen and oxygen atoms in total. The van der Waals surface area contributed by atoms with Crippen molar-refractivity contribution in [3.63, 3.8) is 0 Å². The molecule has 0 radical (unpaired) electrons. The summed E-state index contributed by atoms with van der Waals surface area (Å²) in [6.45, 7) is 5.67. The molecule has 6 heteroatoms. The summed E-state index contributed by atoms with van der Waals surface area (Å²) < 4.78 is 0. The normalized spacial score (nSPS) is 12.8. The van der Waals surface area contributed by atoms with Gasteiger partial charge in [-0.2, -0.15) is 0 Å². The Balaban J connectivity index is 1.52. The van der Waals surface area contributed by atoms with Crippen LogP contribution in [0.15, 0.2) is 85.0 Å². The number of hydrogen-bond acceptors (Lipinski definition) is 5. The molecule has 3 aromatic rings. The minimum absolute atomic E-state index is 0.355. The Labute approximate surface area is 187 Å². The molecule has 158 valence electrons. The Kier molecular flexibility index (Phi) is 6.00. The molecule has 0 fully saturated rings. The number of benzene rings is 2. The lowest BCUT2D eigenvalue weighted by molar-refractivity contribution is -0.111. The summed E-state index contributed by atoms with van der Waals surface area (Å²) in [7, 11) is 1.99. The molecule has 0 atom stereocenters. The summed E-state index contributed by atoms with van der Waals surface area (Å²) in [5, 5.41) is 6.92. The van der Waals surface area contributed by atoms with E-state index in [0.29, 0.717) is 11.5 Å². The fourth-order valence-electron chi connectivity index (χ4n) is 3.37. The number of likely N-dealkylation sites (N-methyl/N-ethyl adjacent to an activating group) is 1. The molecule has 0 unspecified atom stereocenters. The van der Waals surface area contributed by atoms with E-state index in [-0.39, 0.29) is 5.91 Å². The molecule has 0 bridgehead atoms. The molecule has 2 aromatic carbocycles. The van der Waals surface area contributed by atoms with Gasteiger partial charge < -0.3 is 15.5 Å². The Bertz CT molecular complexity index is 1310. The maximum atomic E-state index is 11.8. The van der Waals surface area contributed by atoms with E-state index >= 15 is 0 Å². The quantitative estimate of drug-likeness (QED) is 0.581. The SMILES string of the molecule is C=C1C=C(Cc2ccc(Nc3ncnc4ccc(NC(=O)C#CC)cc34)cc2)C=CN1C. The van der Waals surface area contributed by atoms with Gasteiger partial charge in [0, 0.05) is 35.7 Å². The Morgan fingerprint density at radius 3 is 2.66 bits per heavy atom. The molecule has 1 aliphatic rings. The summed E-state index contributed by atoms with van der Waals surface area (Å²) in [4.78, 5) is 22.5. The van der Waals surface area contributed by atoms with Gasteiger partial charge in [0.15, 0.2) is 0 Å². The van der Waals surface area contributed by atoms with Crippen molar-refractivity contribution in [3.8, 4) is 11.8 Å². The van der Waals surface area contributed by atoms with Gasteiger partial charge >= 0.3 is 0 Å². The molecule has 32 heavy (non-hydrogen) atoms. The van der Waals surface area contributed by atoms with E-state index in [0.717, 1.165) is 28.7 Å². The van der Waals surface area contributed by atoms with E-state index in [1.807, 2.05) is 42.4 Å². The van der Waals surface area contributed by atoms with E-state index in [2.05, 4.69) is 63.3 Å². The van der Waals surface area contributed by atoms with E-state index in [9.17, 15) is 4.79 Å². The predicted octanol–water partition coefficient (Wildman–Crippen LogP) is 4.78. The van der Waals surface area contributed by atoms with Crippen molar-refractivity contribution >= 4 is 34.0 Å². The number of rotatable bonds is 5. The lowest BCUT2D eigenvalue weighted by Crippen LogP contribution is -2.11. The van der Waals surface area contributed by atoms with Crippen molar-refractivity contribution in [2.45, 2.75) is 13.3 Å². The minimum Gasteiger partial charge on any atom is -0.352 e. The van der Waals surface area contributed by atoms with Gasteiger partial charge in [-0.05, 0) is 72.9 Å². The molecule has 1 aromatic heterocycles. The van der Waals surface area contributed by atoms with Gasteiger partial charge in [0.25, 0.3) is 5.91 Å². The number of nitrogens with one attached hydrogen (secondary N) is 2. The molecule has 1 amide bonds. The first kappa shape index (κ1) is 20.9. The molecule has 2 heterocycles. The lowest BCUT2D eigenvalue weighted by Gasteiger charge is -2.19. The summed E-state index contributed by atoms with van der Waals surface area (Å²) in [5.74, 6) is 5.37. The average Bonchev–Trinajstić information content (AvgIpc) is 2.78. The lowest BCUT2D eigenvalue weighted by atomic mass is 10.0. The second-order valence-corrected chi connectivity index (χ2v) is 7.42. The van der Waals surface area contributed by atoms with Gasteiger partial charge in [0.1, 0.15) is 12.1 Å². The molecule has 0 spiro atoms. The summed E-state index contributed by atoms with van der Waals surface area (Å²) in [6, 6.07) is 13.7.